The second-order valence-electron chi connectivity index (χ2n) is 4.71. The molecule has 0 aliphatic rings. The lowest BCUT2D eigenvalue weighted by Crippen LogP contribution is -2.40. The number of nitrogens with two attached hydrogens (primary N) is 1. The van der Waals surface area contributed by atoms with Gasteiger partial charge in [-0.05, 0) is 19.1 Å². The van der Waals surface area contributed by atoms with Gasteiger partial charge in [0.1, 0.15) is 20.6 Å². The third-order valence-electron chi connectivity index (χ3n) is 2.47. The Morgan fingerprint density at radius 1 is 1.43 bits per heavy atom. The van der Waals surface area contributed by atoms with Crippen molar-refractivity contribution >= 4 is 33.0 Å². The average molecular weight is 330 g/mol. The predicted octanol–water partition coefficient (Wildman–Crippen LogP) is 0.249. The van der Waals surface area contributed by atoms with Gasteiger partial charge in [-0.3, -0.25) is 4.79 Å². The second-order valence-corrected chi connectivity index (χ2v) is 7.33. The molecular formula is C13H18N2O4S2. The van der Waals surface area contributed by atoms with Crippen molar-refractivity contribution in [1.82, 2.24) is 5.32 Å². The van der Waals surface area contributed by atoms with E-state index in [0.717, 1.165) is 6.26 Å². The molecule has 1 aromatic rings. The van der Waals surface area contributed by atoms with Gasteiger partial charge in [-0.25, -0.2) is 8.42 Å². The van der Waals surface area contributed by atoms with Gasteiger partial charge in [0.25, 0.3) is 5.91 Å². The van der Waals surface area contributed by atoms with E-state index in [-0.39, 0.29) is 17.3 Å². The maximum atomic E-state index is 11.7. The van der Waals surface area contributed by atoms with Crippen LogP contribution in [0.15, 0.2) is 24.3 Å². The van der Waals surface area contributed by atoms with Crippen LogP contribution in [0.5, 0.6) is 5.75 Å². The molecule has 0 aromatic heterocycles. The van der Waals surface area contributed by atoms with E-state index in [0.29, 0.717) is 11.3 Å². The van der Waals surface area contributed by atoms with E-state index in [2.05, 4.69) is 5.32 Å². The Bertz CT molecular complexity index is 629. The second kappa shape index (κ2) is 7.37. The minimum Gasteiger partial charge on any atom is -0.483 e. The Morgan fingerprint density at radius 3 is 2.62 bits per heavy atom. The highest BCUT2D eigenvalue weighted by Crippen LogP contribution is 2.17. The highest BCUT2D eigenvalue weighted by Gasteiger charge is 2.14. The maximum absolute atomic E-state index is 11.7. The molecule has 0 fully saturated rings. The summed E-state index contributed by atoms with van der Waals surface area (Å²) in [5.74, 6) is -0.123. The van der Waals surface area contributed by atoms with Gasteiger partial charge in [0.05, 0.1) is 11.3 Å². The summed E-state index contributed by atoms with van der Waals surface area (Å²) in [6.07, 6.45) is 1.12. The molecule has 0 saturated carbocycles. The first-order chi connectivity index (χ1) is 9.69. The van der Waals surface area contributed by atoms with Crippen LogP contribution < -0.4 is 15.8 Å². The lowest BCUT2D eigenvalue weighted by molar-refractivity contribution is -0.123. The molecule has 21 heavy (non-hydrogen) atoms. The molecular weight excluding hydrogens is 312 g/mol. The molecule has 1 atom stereocenters. The number of nitrogens with one attached hydrogen (secondary N) is 1. The molecule has 116 valence electrons. The summed E-state index contributed by atoms with van der Waals surface area (Å²) in [5, 5.41) is 2.55. The van der Waals surface area contributed by atoms with Crippen LogP contribution in [0.3, 0.4) is 0 Å². The fraction of sp³-hybridized carbons (Fsp3) is 0.385. The summed E-state index contributed by atoms with van der Waals surface area (Å²) in [7, 11) is -3.14. The highest BCUT2D eigenvalue weighted by atomic mass is 32.2. The normalized spacial score (nSPS) is 12.5. The number of sulfone groups is 1. The van der Waals surface area contributed by atoms with Gasteiger partial charge in [-0.2, -0.15) is 0 Å². The summed E-state index contributed by atoms with van der Waals surface area (Å²) in [6, 6.07) is 6.36. The van der Waals surface area contributed by atoms with Gasteiger partial charge < -0.3 is 15.8 Å². The number of carbonyl (C=O) groups excluding carboxylic acids is 1. The van der Waals surface area contributed by atoms with Gasteiger partial charge in [0.2, 0.25) is 0 Å². The summed E-state index contributed by atoms with van der Waals surface area (Å²) in [4.78, 5) is 11.9. The molecule has 0 bridgehead atoms. The van der Waals surface area contributed by atoms with Crippen LogP contribution in [-0.4, -0.2) is 44.0 Å². The molecule has 0 heterocycles. The Kier molecular flexibility index (Phi) is 6.10. The Balaban J connectivity index is 2.56. The van der Waals surface area contributed by atoms with Gasteiger partial charge in [-0.1, -0.05) is 24.4 Å². The summed E-state index contributed by atoms with van der Waals surface area (Å²) in [5.41, 5.74) is 6.10. The van der Waals surface area contributed by atoms with E-state index in [1.54, 1.807) is 31.2 Å². The van der Waals surface area contributed by atoms with Gasteiger partial charge >= 0.3 is 0 Å². The van der Waals surface area contributed by atoms with Crippen LogP contribution >= 0.6 is 12.2 Å². The molecule has 0 radical (unpaired) electrons. The molecule has 1 aromatic carbocycles. The Morgan fingerprint density at radius 2 is 2.05 bits per heavy atom. The SMILES string of the molecule is CC(CS(C)(=O)=O)NC(=O)COc1ccccc1C(N)=S. The van der Waals surface area contributed by atoms with Crippen molar-refractivity contribution in [3.8, 4) is 5.75 Å². The molecule has 1 rings (SSSR count). The zero-order valence-corrected chi connectivity index (χ0v) is 13.5. The van der Waals surface area contributed by atoms with E-state index >= 15 is 0 Å². The highest BCUT2D eigenvalue weighted by molar-refractivity contribution is 7.90. The quantitative estimate of drug-likeness (QED) is 0.695. The van der Waals surface area contributed by atoms with Gasteiger partial charge in [0, 0.05) is 12.3 Å². The Hall–Kier alpha value is -1.67. The zero-order chi connectivity index (χ0) is 16.0. The number of rotatable bonds is 7. The van der Waals surface area contributed by atoms with Crippen LogP contribution in [-0.2, 0) is 14.6 Å². The van der Waals surface area contributed by atoms with Gasteiger partial charge in [0.15, 0.2) is 6.61 Å². The summed E-state index contributed by atoms with van der Waals surface area (Å²) in [6.45, 7) is 1.37. The summed E-state index contributed by atoms with van der Waals surface area (Å²) >= 11 is 4.89. The third kappa shape index (κ3) is 6.54. The molecule has 0 aliphatic heterocycles. The van der Waals surface area contributed by atoms with E-state index in [1.807, 2.05) is 0 Å². The van der Waals surface area contributed by atoms with Gasteiger partial charge in [-0.15, -0.1) is 0 Å². The topological polar surface area (TPSA) is 98.5 Å². The van der Waals surface area contributed by atoms with Crippen LogP contribution in [0, 0.1) is 0 Å². The lowest BCUT2D eigenvalue weighted by Gasteiger charge is -2.14. The minimum atomic E-state index is -3.14. The van der Waals surface area contributed by atoms with Crippen LogP contribution in [0.4, 0.5) is 0 Å². The molecule has 8 heteroatoms. The first kappa shape index (κ1) is 17.4. The first-order valence-electron chi connectivity index (χ1n) is 6.18. The van der Waals surface area contributed by atoms with Crippen molar-refractivity contribution in [1.29, 1.82) is 0 Å². The van der Waals surface area contributed by atoms with Crippen molar-refractivity contribution in [2.45, 2.75) is 13.0 Å². The van der Waals surface area contributed by atoms with Crippen LogP contribution in [0.2, 0.25) is 0 Å². The van der Waals surface area contributed by atoms with Crippen molar-refractivity contribution in [2.24, 2.45) is 5.73 Å². The monoisotopic (exact) mass is 330 g/mol. The molecule has 0 spiro atoms. The molecule has 0 saturated heterocycles. The number of benzene rings is 1. The molecule has 0 aliphatic carbocycles. The smallest absolute Gasteiger partial charge is 0.258 e. The molecule has 1 amide bonds. The van der Waals surface area contributed by atoms with Crippen LogP contribution in [0.25, 0.3) is 0 Å². The van der Waals surface area contributed by atoms with Crippen LogP contribution in [0.1, 0.15) is 12.5 Å². The molecule has 1 unspecified atom stereocenters. The number of hydrogen-bond acceptors (Lipinski definition) is 5. The standard InChI is InChI=1S/C13H18N2O4S2/c1-9(8-21(2,17)18)15-12(16)7-19-11-6-4-3-5-10(11)13(14)20/h3-6,9H,7-8H2,1-2H3,(H2,14,20)(H,15,16). The number of carbonyl (C=O) groups is 1. The number of hydrogen-bond donors (Lipinski definition) is 2. The van der Waals surface area contributed by atoms with E-state index in [4.69, 9.17) is 22.7 Å². The zero-order valence-electron chi connectivity index (χ0n) is 11.8. The molecule has 3 N–H and O–H groups in total. The summed E-state index contributed by atoms with van der Waals surface area (Å²) < 4.78 is 27.6. The number of para-hydroxylation sites is 1. The van der Waals surface area contributed by atoms with Crippen molar-refractivity contribution in [3.63, 3.8) is 0 Å². The van der Waals surface area contributed by atoms with Crippen molar-refractivity contribution in [3.05, 3.63) is 29.8 Å². The lowest BCUT2D eigenvalue weighted by atomic mass is 10.2. The fourth-order valence-corrected chi connectivity index (χ4v) is 2.91. The van der Waals surface area contributed by atoms with Crippen molar-refractivity contribution in [2.75, 3.05) is 18.6 Å². The van der Waals surface area contributed by atoms with Crippen molar-refractivity contribution < 1.29 is 17.9 Å². The molecule has 6 nitrogen and oxygen atoms in total. The number of ether oxygens (including phenoxy) is 1. The number of thiocarbonyl (C=S) groups is 1. The maximum Gasteiger partial charge on any atom is 0.258 e. The predicted molar refractivity (Wildman–Crippen MR) is 85.1 cm³/mol. The number of amides is 1. The van der Waals surface area contributed by atoms with E-state index < -0.39 is 21.8 Å². The van der Waals surface area contributed by atoms with E-state index in [1.165, 1.54) is 0 Å². The Labute approximate surface area is 129 Å². The third-order valence-corrected chi connectivity index (χ3v) is 3.80. The fourth-order valence-electron chi connectivity index (χ4n) is 1.75. The average Bonchev–Trinajstić information content (AvgIpc) is 2.34. The minimum absolute atomic E-state index is 0.123. The first-order valence-corrected chi connectivity index (χ1v) is 8.64. The largest absolute Gasteiger partial charge is 0.483 e. The van der Waals surface area contributed by atoms with E-state index in [9.17, 15) is 13.2 Å².